The zero-order valence-corrected chi connectivity index (χ0v) is 12.6. The number of aromatic nitrogens is 2. The van der Waals surface area contributed by atoms with Crippen LogP contribution in [0.4, 0.5) is 11.6 Å². The van der Waals surface area contributed by atoms with E-state index in [4.69, 9.17) is 5.84 Å². The van der Waals surface area contributed by atoms with E-state index in [0.29, 0.717) is 17.7 Å². The fourth-order valence-corrected chi connectivity index (χ4v) is 3.45. The molecule has 2 heterocycles. The third-order valence-electron chi connectivity index (χ3n) is 3.42. The van der Waals surface area contributed by atoms with Gasteiger partial charge in [-0.05, 0) is 18.6 Å². The van der Waals surface area contributed by atoms with E-state index in [2.05, 4.69) is 20.7 Å². The highest BCUT2D eigenvalue weighted by Crippen LogP contribution is 2.23. The van der Waals surface area contributed by atoms with Crippen molar-refractivity contribution in [3.05, 3.63) is 36.4 Å². The Morgan fingerprint density at radius 1 is 1.14 bits per heavy atom. The Bertz CT molecular complexity index is 584. The summed E-state index contributed by atoms with van der Waals surface area (Å²) in [4.78, 5) is 9.04. The van der Waals surface area contributed by atoms with Gasteiger partial charge in [0.1, 0.15) is 11.6 Å². The SMILES string of the molecule is NNc1cc(NC2CCCSC2)nc(-c2ccccc2)n1. The van der Waals surface area contributed by atoms with Gasteiger partial charge in [0.15, 0.2) is 5.82 Å². The molecule has 1 aliphatic heterocycles. The van der Waals surface area contributed by atoms with E-state index in [1.165, 1.54) is 18.6 Å². The van der Waals surface area contributed by atoms with E-state index in [0.717, 1.165) is 17.1 Å². The molecule has 1 unspecified atom stereocenters. The van der Waals surface area contributed by atoms with Gasteiger partial charge in [-0.2, -0.15) is 11.8 Å². The molecule has 4 N–H and O–H groups in total. The first-order chi connectivity index (χ1) is 10.3. The predicted octanol–water partition coefficient (Wildman–Crippen LogP) is 2.74. The van der Waals surface area contributed by atoms with Crippen molar-refractivity contribution < 1.29 is 0 Å². The van der Waals surface area contributed by atoms with Crippen LogP contribution in [0.25, 0.3) is 11.4 Å². The largest absolute Gasteiger partial charge is 0.366 e. The van der Waals surface area contributed by atoms with Gasteiger partial charge in [0.2, 0.25) is 0 Å². The lowest BCUT2D eigenvalue weighted by Gasteiger charge is -2.23. The van der Waals surface area contributed by atoms with Crippen molar-refractivity contribution in [1.29, 1.82) is 0 Å². The number of thioether (sulfide) groups is 1. The number of hydrazine groups is 1. The maximum atomic E-state index is 5.53. The standard InChI is InChI=1S/C15H19N5S/c16-20-14-9-13(17-12-7-4-8-21-10-12)18-15(19-14)11-5-2-1-3-6-11/h1-3,5-6,9,12H,4,7-8,10,16H2,(H2,17,18,19,20). The molecule has 2 aromatic rings. The van der Waals surface area contributed by atoms with Crippen LogP contribution in [-0.2, 0) is 0 Å². The molecule has 3 rings (SSSR count). The van der Waals surface area contributed by atoms with Gasteiger partial charge in [0, 0.05) is 23.4 Å². The number of nitrogen functional groups attached to an aromatic ring is 1. The van der Waals surface area contributed by atoms with Crippen LogP contribution in [0.15, 0.2) is 36.4 Å². The van der Waals surface area contributed by atoms with E-state index < -0.39 is 0 Å². The Balaban J connectivity index is 1.86. The average Bonchev–Trinajstić information content (AvgIpc) is 2.56. The van der Waals surface area contributed by atoms with E-state index in [1.807, 2.05) is 48.2 Å². The van der Waals surface area contributed by atoms with Crippen molar-refractivity contribution in [1.82, 2.24) is 9.97 Å². The molecule has 1 saturated heterocycles. The zero-order valence-electron chi connectivity index (χ0n) is 11.7. The molecule has 1 aliphatic rings. The molecule has 0 saturated carbocycles. The number of rotatable bonds is 4. The highest BCUT2D eigenvalue weighted by molar-refractivity contribution is 7.99. The Morgan fingerprint density at radius 3 is 2.67 bits per heavy atom. The third-order valence-corrected chi connectivity index (χ3v) is 4.63. The summed E-state index contributed by atoms with van der Waals surface area (Å²) in [6, 6.07) is 12.2. The Kier molecular flexibility index (Phi) is 4.57. The van der Waals surface area contributed by atoms with Gasteiger partial charge < -0.3 is 10.7 Å². The summed E-state index contributed by atoms with van der Waals surface area (Å²) in [6.07, 6.45) is 2.43. The fraction of sp³-hybridized carbons (Fsp3) is 0.333. The molecule has 21 heavy (non-hydrogen) atoms. The van der Waals surface area contributed by atoms with Crippen LogP contribution >= 0.6 is 11.8 Å². The topological polar surface area (TPSA) is 75.9 Å². The van der Waals surface area contributed by atoms with Gasteiger partial charge in [-0.1, -0.05) is 30.3 Å². The van der Waals surface area contributed by atoms with Gasteiger partial charge in [0.25, 0.3) is 0 Å². The summed E-state index contributed by atoms with van der Waals surface area (Å²) >= 11 is 1.99. The third kappa shape index (κ3) is 3.65. The number of benzene rings is 1. The molecule has 0 radical (unpaired) electrons. The number of anilines is 2. The number of hydrogen-bond donors (Lipinski definition) is 3. The molecule has 6 heteroatoms. The van der Waals surface area contributed by atoms with E-state index in [1.54, 1.807) is 0 Å². The molecule has 110 valence electrons. The Morgan fingerprint density at radius 2 is 1.95 bits per heavy atom. The van der Waals surface area contributed by atoms with Crippen LogP contribution < -0.4 is 16.6 Å². The summed E-state index contributed by atoms with van der Waals surface area (Å²) in [5, 5.41) is 3.50. The molecule has 5 nitrogen and oxygen atoms in total. The second-order valence-corrected chi connectivity index (χ2v) is 6.18. The van der Waals surface area contributed by atoms with E-state index in [9.17, 15) is 0 Å². The van der Waals surface area contributed by atoms with E-state index >= 15 is 0 Å². The fourth-order valence-electron chi connectivity index (χ4n) is 2.38. The summed E-state index contributed by atoms with van der Waals surface area (Å²) < 4.78 is 0. The highest BCUT2D eigenvalue weighted by Gasteiger charge is 2.15. The van der Waals surface area contributed by atoms with Crippen molar-refractivity contribution in [3.8, 4) is 11.4 Å². The highest BCUT2D eigenvalue weighted by atomic mass is 32.2. The van der Waals surface area contributed by atoms with Gasteiger partial charge in [-0.15, -0.1) is 0 Å². The summed E-state index contributed by atoms with van der Waals surface area (Å²) in [6.45, 7) is 0. The average molecular weight is 301 g/mol. The van der Waals surface area contributed by atoms with Gasteiger partial charge in [-0.3, -0.25) is 0 Å². The molecule has 1 atom stereocenters. The van der Waals surface area contributed by atoms with Crippen molar-refractivity contribution >= 4 is 23.4 Å². The molecule has 0 amide bonds. The van der Waals surface area contributed by atoms with Crippen LogP contribution in [0.5, 0.6) is 0 Å². The first-order valence-electron chi connectivity index (χ1n) is 7.10. The van der Waals surface area contributed by atoms with Gasteiger partial charge >= 0.3 is 0 Å². The zero-order chi connectivity index (χ0) is 14.5. The first-order valence-corrected chi connectivity index (χ1v) is 8.26. The molecular formula is C15H19N5S. The van der Waals surface area contributed by atoms with Crippen LogP contribution in [-0.4, -0.2) is 27.5 Å². The molecular weight excluding hydrogens is 282 g/mol. The molecule has 1 aromatic carbocycles. The Hall–Kier alpha value is -1.79. The normalized spacial score (nSPS) is 18.2. The molecule has 0 spiro atoms. The second-order valence-electron chi connectivity index (χ2n) is 5.03. The molecule has 0 aliphatic carbocycles. The number of hydrogen-bond acceptors (Lipinski definition) is 6. The predicted molar refractivity (Wildman–Crippen MR) is 89.2 cm³/mol. The van der Waals surface area contributed by atoms with Crippen molar-refractivity contribution in [2.75, 3.05) is 22.2 Å². The van der Waals surface area contributed by atoms with Gasteiger partial charge in [0.05, 0.1) is 0 Å². The molecule has 1 fully saturated rings. The van der Waals surface area contributed by atoms with Crippen LogP contribution in [0.1, 0.15) is 12.8 Å². The lowest BCUT2D eigenvalue weighted by Crippen LogP contribution is -2.26. The maximum Gasteiger partial charge on any atom is 0.163 e. The minimum absolute atomic E-state index is 0.466. The lowest BCUT2D eigenvalue weighted by molar-refractivity contribution is 0.682. The van der Waals surface area contributed by atoms with Crippen molar-refractivity contribution in [3.63, 3.8) is 0 Å². The summed E-state index contributed by atoms with van der Waals surface area (Å²) in [5.74, 6) is 10.0. The van der Waals surface area contributed by atoms with Crippen LogP contribution in [0.3, 0.4) is 0 Å². The van der Waals surface area contributed by atoms with E-state index in [-0.39, 0.29) is 0 Å². The minimum atomic E-state index is 0.466. The summed E-state index contributed by atoms with van der Waals surface area (Å²) in [5.41, 5.74) is 3.60. The Labute approximate surface area is 128 Å². The van der Waals surface area contributed by atoms with Crippen molar-refractivity contribution in [2.24, 2.45) is 5.84 Å². The van der Waals surface area contributed by atoms with Crippen molar-refractivity contribution in [2.45, 2.75) is 18.9 Å². The van der Waals surface area contributed by atoms with Crippen LogP contribution in [0, 0.1) is 0 Å². The smallest absolute Gasteiger partial charge is 0.163 e. The maximum absolute atomic E-state index is 5.53. The number of nitrogens with two attached hydrogens (primary N) is 1. The molecule has 1 aromatic heterocycles. The van der Waals surface area contributed by atoms with Gasteiger partial charge in [-0.25, -0.2) is 15.8 Å². The summed E-state index contributed by atoms with van der Waals surface area (Å²) in [7, 11) is 0. The number of nitrogens with one attached hydrogen (secondary N) is 2. The quantitative estimate of drug-likeness (QED) is 0.595. The second kappa shape index (κ2) is 6.78. The molecule has 0 bridgehead atoms. The first kappa shape index (κ1) is 14.2. The monoisotopic (exact) mass is 301 g/mol. The minimum Gasteiger partial charge on any atom is -0.366 e. The van der Waals surface area contributed by atoms with Crippen LogP contribution in [0.2, 0.25) is 0 Å². The lowest BCUT2D eigenvalue weighted by atomic mass is 10.2. The number of nitrogens with zero attached hydrogens (tertiary/aromatic N) is 2.